The molecule has 0 aromatic rings. The number of hydrogen-bond acceptors (Lipinski definition) is 1. The fourth-order valence-corrected chi connectivity index (χ4v) is 3.83. The van der Waals surface area contributed by atoms with Crippen LogP contribution in [0.3, 0.4) is 0 Å². The van der Waals surface area contributed by atoms with Crippen molar-refractivity contribution in [1.29, 1.82) is 0 Å². The maximum Gasteiger partial charge on any atom is 0.303 e. The van der Waals surface area contributed by atoms with Crippen LogP contribution in [0, 0.1) is 17.3 Å². The lowest BCUT2D eigenvalue weighted by Gasteiger charge is -2.40. The largest absolute Gasteiger partial charge is 0.481 e. The van der Waals surface area contributed by atoms with Crippen molar-refractivity contribution in [2.75, 3.05) is 0 Å². The van der Waals surface area contributed by atoms with Crippen LogP contribution < -0.4 is 0 Å². The average Bonchev–Trinajstić information content (AvgIpc) is 2.43. The molecule has 0 saturated heterocycles. The molecule has 0 heterocycles. The highest BCUT2D eigenvalue weighted by molar-refractivity contribution is 5.67. The van der Waals surface area contributed by atoms with Gasteiger partial charge in [0.25, 0.3) is 0 Å². The summed E-state index contributed by atoms with van der Waals surface area (Å²) in [6.07, 6.45) is 6.20. The van der Waals surface area contributed by atoms with Gasteiger partial charge in [-0.05, 0) is 49.4 Å². The first-order chi connectivity index (χ1) is 7.03. The van der Waals surface area contributed by atoms with E-state index in [9.17, 15) is 4.79 Å². The normalized spacial score (nSPS) is 40.2. The minimum absolute atomic E-state index is 0.333. The maximum atomic E-state index is 10.8. The van der Waals surface area contributed by atoms with Gasteiger partial charge in [0.2, 0.25) is 0 Å². The number of aliphatic carboxylic acids is 1. The van der Waals surface area contributed by atoms with Crippen LogP contribution in [0.4, 0.5) is 0 Å². The number of hydrogen-bond donors (Lipinski definition) is 1. The summed E-state index contributed by atoms with van der Waals surface area (Å²) in [6, 6.07) is 0. The van der Waals surface area contributed by atoms with Crippen molar-refractivity contribution in [3.8, 4) is 0 Å². The summed E-state index contributed by atoms with van der Waals surface area (Å²) in [4.78, 5) is 10.8. The van der Waals surface area contributed by atoms with Crippen molar-refractivity contribution in [3.63, 3.8) is 0 Å². The Bertz CT molecular complexity index is 295. The number of carbonyl (C=O) groups is 1. The van der Waals surface area contributed by atoms with E-state index in [1.54, 1.807) is 0 Å². The van der Waals surface area contributed by atoms with E-state index >= 15 is 0 Å². The minimum Gasteiger partial charge on any atom is -0.481 e. The van der Waals surface area contributed by atoms with Crippen LogP contribution in [0.5, 0.6) is 0 Å². The molecular weight excluding hydrogens is 188 g/mol. The Balaban J connectivity index is 2.17. The zero-order valence-corrected chi connectivity index (χ0v) is 9.46. The molecule has 3 atom stereocenters. The van der Waals surface area contributed by atoms with Crippen molar-refractivity contribution >= 4 is 5.97 Å². The van der Waals surface area contributed by atoms with Crippen LogP contribution in [0.2, 0.25) is 0 Å². The zero-order chi connectivity index (χ0) is 11.1. The first kappa shape index (κ1) is 10.7. The van der Waals surface area contributed by atoms with Crippen molar-refractivity contribution in [1.82, 2.24) is 0 Å². The predicted octanol–water partition coefficient (Wildman–Crippen LogP) is 3.23. The van der Waals surface area contributed by atoms with Gasteiger partial charge in [0.15, 0.2) is 0 Å². The first-order valence-electron chi connectivity index (χ1n) is 5.92. The molecule has 0 aliphatic heterocycles. The number of allylic oxidation sites excluding steroid dienone is 1. The maximum absolute atomic E-state index is 10.8. The van der Waals surface area contributed by atoms with Crippen molar-refractivity contribution in [2.24, 2.45) is 17.3 Å². The van der Waals surface area contributed by atoms with Gasteiger partial charge in [0, 0.05) is 6.42 Å². The molecule has 2 aliphatic rings. The number of fused-ring (bicyclic) bond motifs is 1. The van der Waals surface area contributed by atoms with Crippen LogP contribution in [-0.4, -0.2) is 11.1 Å². The second kappa shape index (κ2) is 3.66. The lowest BCUT2D eigenvalue weighted by Crippen LogP contribution is -2.31. The number of carboxylic acids is 1. The summed E-state index contributed by atoms with van der Waals surface area (Å²) in [5.74, 6) is 0.172. The molecule has 2 rings (SSSR count). The van der Waals surface area contributed by atoms with E-state index in [2.05, 4.69) is 13.5 Å². The smallest absolute Gasteiger partial charge is 0.303 e. The van der Waals surface area contributed by atoms with E-state index < -0.39 is 5.97 Å². The molecule has 0 unspecified atom stereocenters. The lowest BCUT2D eigenvalue weighted by molar-refractivity contribution is -0.138. The molecular formula is C13H20O2. The monoisotopic (exact) mass is 208 g/mol. The van der Waals surface area contributed by atoms with Crippen LogP contribution in [0.1, 0.15) is 45.4 Å². The van der Waals surface area contributed by atoms with Crippen molar-refractivity contribution < 1.29 is 9.90 Å². The van der Waals surface area contributed by atoms with Gasteiger partial charge in [0.05, 0.1) is 0 Å². The van der Waals surface area contributed by atoms with Gasteiger partial charge < -0.3 is 5.11 Å². The molecule has 84 valence electrons. The fraction of sp³-hybridized carbons (Fsp3) is 0.769. The topological polar surface area (TPSA) is 37.3 Å². The summed E-state index contributed by atoms with van der Waals surface area (Å²) in [5, 5.41) is 8.90. The molecule has 0 bridgehead atoms. The van der Waals surface area contributed by atoms with Gasteiger partial charge in [0.1, 0.15) is 0 Å². The molecule has 2 aliphatic carbocycles. The standard InChI is InChI=1S/C13H20O2/c1-9-4-3-6-13(2)7-5-10(12(9)13)8-11(14)15/h10,12H,1,3-8H2,2H3,(H,14,15)/t10-,12-,13+/m1/s1. The van der Waals surface area contributed by atoms with Crippen LogP contribution >= 0.6 is 0 Å². The van der Waals surface area contributed by atoms with Gasteiger partial charge in [-0.3, -0.25) is 4.79 Å². The highest BCUT2D eigenvalue weighted by Gasteiger charge is 2.47. The second-order valence-corrected chi connectivity index (χ2v) is 5.54. The summed E-state index contributed by atoms with van der Waals surface area (Å²) in [7, 11) is 0. The van der Waals surface area contributed by atoms with E-state index in [1.807, 2.05) is 0 Å². The van der Waals surface area contributed by atoms with Crippen LogP contribution in [-0.2, 0) is 4.79 Å². The molecule has 0 radical (unpaired) electrons. The lowest BCUT2D eigenvalue weighted by atomic mass is 9.65. The van der Waals surface area contributed by atoms with Gasteiger partial charge in [-0.2, -0.15) is 0 Å². The molecule has 2 heteroatoms. The van der Waals surface area contributed by atoms with E-state index in [-0.39, 0.29) is 0 Å². The minimum atomic E-state index is -0.650. The zero-order valence-electron chi connectivity index (χ0n) is 9.46. The summed E-state index contributed by atoms with van der Waals surface area (Å²) in [6.45, 7) is 6.49. The van der Waals surface area contributed by atoms with E-state index in [0.717, 1.165) is 12.8 Å². The highest BCUT2D eigenvalue weighted by Crippen LogP contribution is 2.57. The molecule has 1 N–H and O–H groups in total. The van der Waals surface area contributed by atoms with E-state index in [1.165, 1.54) is 24.8 Å². The Morgan fingerprint density at radius 3 is 3.00 bits per heavy atom. The van der Waals surface area contributed by atoms with Gasteiger partial charge in [-0.25, -0.2) is 0 Å². The second-order valence-electron chi connectivity index (χ2n) is 5.54. The molecule has 2 saturated carbocycles. The molecule has 0 aromatic heterocycles. The summed E-state index contributed by atoms with van der Waals surface area (Å²) < 4.78 is 0. The van der Waals surface area contributed by atoms with Crippen LogP contribution in [0.25, 0.3) is 0 Å². The molecule has 2 fully saturated rings. The Kier molecular flexibility index (Phi) is 2.61. The Labute approximate surface area is 91.4 Å². The highest BCUT2D eigenvalue weighted by atomic mass is 16.4. The third-order valence-corrected chi connectivity index (χ3v) is 4.43. The van der Waals surface area contributed by atoms with Gasteiger partial charge >= 0.3 is 5.97 Å². The molecule has 0 aromatic carbocycles. The molecule has 0 spiro atoms. The summed E-state index contributed by atoms with van der Waals surface area (Å²) in [5.41, 5.74) is 1.67. The molecule has 2 nitrogen and oxygen atoms in total. The summed E-state index contributed by atoms with van der Waals surface area (Å²) >= 11 is 0. The Morgan fingerprint density at radius 2 is 2.33 bits per heavy atom. The van der Waals surface area contributed by atoms with Crippen molar-refractivity contribution in [3.05, 3.63) is 12.2 Å². The fourth-order valence-electron chi connectivity index (χ4n) is 3.83. The third-order valence-electron chi connectivity index (χ3n) is 4.43. The van der Waals surface area contributed by atoms with E-state index in [4.69, 9.17) is 5.11 Å². The van der Waals surface area contributed by atoms with Crippen molar-refractivity contribution in [2.45, 2.75) is 45.4 Å². The molecule has 15 heavy (non-hydrogen) atoms. The van der Waals surface area contributed by atoms with Gasteiger partial charge in [-0.1, -0.05) is 19.1 Å². The number of carboxylic acid groups (broad SMARTS) is 1. The number of rotatable bonds is 2. The Morgan fingerprint density at radius 1 is 1.60 bits per heavy atom. The third kappa shape index (κ3) is 1.82. The first-order valence-corrected chi connectivity index (χ1v) is 5.92. The SMILES string of the molecule is C=C1CCC[C@@]2(C)CC[C@H](CC(=O)O)[C@@H]12. The predicted molar refractivity (Wildman–Crippen MR) is 59.6 cm³/mol. The Hall–Kier alpha value is -0.790. The molecule has 0 amide bonds. The quantitative estimate of drug-likeness (QED) is 0.707. The van der Waals surface area contributed by atoms with Gasteiger partial charge in [-0.15, -0.1) is 0 Å². The van der Waals surface area contributed by atoms with E-state index in [0.29, 0.717) is 23.7 Å². The average molecular weight is 208 g/mol. The van der Waals surface area contributed by atoms with Crippen LogP contribution in [0.15, 0.2) is 12.2 Å².